The molecule has 1 aromatic carbocycles. The van der Waals surface area contributed by atoms with Crippen molar-refractivity contribution in [3.05, 3.63) is 29.3 Å². The van der Waals surface area contributed by atoms with Crippen molar-refractivity contribution in [3.8, 4) is 5.75 Å². The maximum Gasteiger partial charge on any atom is 0.122 e. The van der Waals surface area contributed by atoms with Gasteiger partial charge in [-0.25, -0.2) is 0 Å². The number of ether oxygens (including phenoxy) is 1. The van der Waals surface area contributed by atoms with Crippen LogP contribution in [0.3, 0.4) is 0 Å². The second-order valence-corrected chi connectivity index (χ2v) is 7.03. The summed E-state index contributed by atoms with van der Waals surface area (Å²) < 4.78 is 5.75. The van der Waals surface area contributed by atoms with Gasteiger partial charge in [-0.2, -0.15) is 11.8 Å². The molecule has 3 atom stereocenters. The highest BCUT2D eigenvalue weighted by atomic mass is 32.2. The molecule has 3 unspecified atom stereocenters. The fourth-order valence-corrected chi connectivity index (χ4v) is 3.80. The molecule has 0 radical (unpaired) electrons. The Labute approximate surface area is 132 Å². The number of aryl methyl sites for hydroxylation is 2. The Kier molecular flexibility index (Phi) is 6.40. The molecule has 2 N–H and O–H groups in total. The first kappa shape index (κ1) is 16.7. The number of thioether (sulfide) groups is 1. The summed E-state index contributed by atoms with van der Waals surface area (Å²) in [5.41, 5.74) is 2.29. The Morgan fingerprint density at radius 2 is 2.19 bits per heavy atom. The van der Waals surface area contributed by atoms with Crippen LogP contribution in [0.15, 0.2) is 18.2 Å². The largest absolute Gasteiger partial charge is 0.491 e. The highest BCUT2D eigenvalue weighted by Gasteiger charge is 2.26. The number of rotatable bonds is 7. The standard InChI is InChI=1S/C17H27NO2S/c1-12-7-8-13(2)16(9-12)20-11-14(19)10-18-15-5-4-6-17(15)21-3/h7-9,14-15,17-19H,4-6,10-11H2,1-3H3. The predicted octanol–water partition coefficient (Wildman–Crippen LogP) is 2.92. The zero-order chi connectivity index (χ0) is 15.2. The van der Waals surface area contributed by atoms with Gasteiger partial charge in [0.05, 0.1) is 0 Å². The summed E-state index contributed by atoms with van der Waals surface area (Å²) in [6.07, 6.45) is 5.50. The van der Waals surface area contributed by atoms with Gasteiger partial charge in [0.15, 0.2) is 0 Å². The first-order valence-corrected chi connectivity index (χ1v) is 9.03. The third kappa shape index (κ3) is 4.90. The van der Waals surface area contributed by atoms with E-state index in [1.165, 1.54) is 24.8 Å². The van der Waals surface area contributed by atoms with E-state index in [0.29, 0.717) is 24.4 Å². The summed E-state index contributed by atoms with van der Waals surface area (Å²) >= 11 is 1.93. The van der Waals surface area contributed by atoms with Gasteiger partial charge in [0.2, 0.25) is 0 Å². The van der Waals surface area contributed by atoms with Crippen LogP contribution in [-0.2, 0) is 0 Å². The number of aliphatic hydroxyl groups excluding tert-OH is 1. The normalized spacial score (nSPS) is 23.2. The lowest BCUT2D eigenvalue weighted by Gasteiger charge is -2.21. The highest BCUT2D eigenvalue weighted by Crippen LogP contribution is 2.28. The van der Waals surface area contributed by atoms with Crippen LogP contribution in [0, 0.1) is 13.8 Å². The average Bonchev–Trinajstić information content (AvgIpc) is 2.93. The van der Waals surface area contributed by atoms with E-state index in [0.717, 1.165) is 11.3 Å². The maximum atomic E-state index is 10.1. The van der Waals surface area contributed by atoms with Crippen LogP contribution in [0.2, 0.25) is 0 Å². The molecule has 1 aliphatic carbocycles. The SMILES string of the molecule is CSC1CCCC1NCC(O)COc1cc(C)ccc1C. The van der Waals surface area contributed by atoms with E-state index in [1.54, 1.807) is 0 Å². The quantitative estimate of drug-likeness (QED) is 0.812. The summed E-state index contributed by atoms with van der Waals surface area (Å²) in [5.74, 6) is 0.872. The zero-order valence-corrected chi connectivity index (χ0v) is 14.1. The maximum absolute atomic E-state index is 10.1. The molecule has 1 aliphatic rings. The Balaban J connectivity index is 1.74. The lowest BCUT2D eigenvalue weighted by Crippen LogP contribution is -2.40. The van der Waals surface area contributed by atoms with Gasteiger partial charge in [0.25, 0.3) is 0 Å². The lowest BCUT2D eigenvalue weighted by atomic mass is 10.1. The van der Waals surface area contributed by atoms with Crippen molar-refractivity contribution in [1.29, 1.82) is 0 Å². The van der Waals surface area contributed by atoms with Crippen molar-refractivity contribution in [1.82, 2.24) is 5.32 Å². The van der Waals surface area contributed by atoms with Crippen molar-refractivity contribution < 1.29 is 9.84 Å². The van der Waals surface area contributed by atoms with Crippen molar-refractivity contribution in [2.45, 2.75) is 50.5 Å². The number of hydrogen-bond donors (Lipinski definition) is 2. The second-order valence-electron chi connectivity index (χ2n) is 5.95. The van der Waals surface area contributed by atoms with E-state index in [2.05, 4.69) is 23.7 Å². The molecule has 1 saturated carbocycles. The molecule has 0 heterocycles. The Morgan fingerprint density at radius 1 is 1.38 bits per heavy atom. The number of aliphatic hydroxyl groups is 1. The fraction of sp³-hybridized carbons (Fsp3) is 0.647. The lowest BCUT2D eigenvalue weighted by molar-refractivity contribution is 0.103. The molecule has 0 spiro atoms. The van der Waals surface area contributed by atoms with Gasteiger partial charge in [-0.1, -0.05) is 18.6 Å². The molecule has 0 saturated heterocycles. The van der Waals surface area contributed by atoms with Gasteiger partial charge < -0.3 is 15.2 Å². The molecule has 0 aromatic heterocycles. The molecule has 1 aromatic rings. The van der Waals surface area contributed by atoms with Gasteiger partial charge >= 0.3 is 0 Å². The molecule has 2 rings (SSSR count). The van der Waals surface area contributed by atoms with Gasteiger partial charge in [-0.3, -0.25) is 0 Å². The molecule has 21 heavy (non-hydrogen) atoms. The van der Waals surface area contributed by atoms with Gasteiger partial charge in [-0.15, -0.1) is 0 Å². The van der Waals surface area contributed by atoms with Crippen LogP contribution in [0.25, 0.3) is 0 Å². The molecule has 4 heteroatoms. The van der Waals surface area contributed by atoms with E-state index in [-0.39, 0.29) is 0 Å². The van der Waals surface area contributed by atoms with Gasteiger partial charge in [0, 0.05) is 17.8 Å². The Morgan fingerprint density at radius 3 is 2.95 bits per heavy atom. The number of nitrogens with one attached hydrogen (secondary N) is 1. The highest BCUT2D eigenvalue weighted by molar-refractivity contribution is 7.99. The van der Waals surface area contributed by atoms with Crippen LogP contribution < -0.4 is 10.1 Å². The van der Waals surface area contributed by atoms with Crippen LogP contribution in [0.4, 0.5) is 0 Å². The molecule has 118 valence electrons. The second kappa shape index (κ2) is 8.06. The Hall–Kier alpha value is -0.710. The number of benzene rings is 1. The van der Waals surface area contributed by atoms with E-state index < -0.39 is 6.10 Å². The topological polar surface area (TPSA) is 41.5 Å². The molecular formula is C17H27NO2S. The predicted molar refractivity (Wildman–Crippen MR) is 90.4 cm³/mol. The third-order valence-corrected chi connectivity index (χ3v) is 5.32. The molecule has 0 amide bonds. The zero-order valence-electron chi connectivity index (χ0n) is 13.3. The molecule has 0 aliphatic heterocycles. The summed E-state index contributed by atoms with van der Waals surface area (Å²) in [7, 11) is 0. The first-order chi connectivity index (χ1) is 10.1. The number of hydrogen-bond acceptors (Lipinski definition) is 4. The summed E-state index contributed by atoms with van der Waals surface area (Å²) in [5, 5.41) is 14.3. The minimum absolute atomic E-state index is 0.341. The first-order valence-electron chi connectivity index (χ1n) is 7.74. The van der Waals surface area contributed by atoms with Crippen LogP contribution in [0.5, 0.6) is 5.75 Å². The van der Waals surface area contributed by atoms with E-state index in [9.17, 15) is 5.11 Å². The monoisotopic (exact) mass is 309 g/mol. The van der Waals surface area contributed by atoms with Crippen molar-refractivity contribution in [2.75, 3.05) is 19.4 Å². The summed E-state index contributed by atoms with van der Waals surface area (Å²) in [6, 6.07) is 6.69. The van der Waals surface area contributed by atoms with Crippen LogP contribution in [-0.4, -0.2) is 41.9 Å². The summed E-state index contributed by atoms with van der Waals surface area (Å²) in [4.78, 5) is 0. The van der Waals surface area contributed by atoms with Crippen molar-refractivity contribution >= 4 is 11.8 Å². The molecule has 3 nitrogen and oxygen atoms in total. The fourth-order valence-electron chi connectivity index (χ4n) is 2.84. The van der Waals surface area contributed by atoms with Crippen LogP contribution in [0.1, 0.15) is 30.4 Å². The Bertz CT molecular complexity index is 452. The van der Waals surface area contributed by atoms with E-state index in [1.807, 2.05) is 31.7 Å². The molecular weight excluding hydrogens is 282 g/mol. The summed E-state index contributed by atoms with van der Waals surface area (Å²) in [6.45, 7) is 5.02. The molecule has 1 fully saturated rings. The van der Waals surface area contributed by atoms with Crippen LogP contribution >= 0.6 is 11.8 Å². The molecule has 0 bridgehead atoms. The smallest absolute Gasteiger partial charge is 0.122 e. The minimum Gasteiger partial charge on any atom is -0.491 e. The third-order valence-electron chi connectivity index (χ3n) is 4.15. The minimum atomic E-state index is -0.465. The van der Waals surface area contributed by atoms with Crippen molar-refractivity contribution in [3.63, 3.8) is 0 Å². The van der Waals surface area contributed by atoms with Gasteiger partial charge in [0.1, 0.15) is 18.5 Å². The van der Waals surface area contributed by atoms with Crippen molar-refractivity contribution in [2.24, 2.45) is 0 Å². The van der Waals surface area contributed by atoms with Gasteiger partial charge in [-0.05, 0) is 50.1 Å². The average molecular weight is 309 g/mol. The van der Waals surface area contributed by atoms with E-state index in [4.69, 9.17) is 4.74 Å². The van der Waals surface area contributed by atoms with E-state index >= 15 is 0 Å².